The molecule has 0 unspecified atom stereocenters. The maximum Gasteiger partial charge on any atom is 0.266 e. The van der Waals surface area contributed by atoms with E-state index in [0.717, 1.165) is 16.8 Å². The van der Waals surface area contributed by atoms with Crippen molar-refractivity contribution in [1.82, 2.24) is 9.55 Å². The number of nitrogens with zero attached hydrogens (tertiary/aromatic N) is 2. The van der Waals surface area contributed by atoms with Gasteiger partial charge in [0, 0.05) is 5.75 Å². The molecule has 2 aromatic carbocycles. The van der Waals surface area contributed by atoms with Crippen LogP contribution in [0.5, 0.6) is 0 Å². The van der Waals surface area contributed by atoms with E-state index in [1.807, 2.05) is 50.2 Å². The van der Waals surface area contributed by atoms with Crippen molar-refractivity contribution < 1.29 is 5.11 Å². The second-order valence-corrected chi connectivity index (χ2v) is 6.43. The summed E-state index contributed by atoms with van der Waals surface area (Å²) in [6.07, 6.45) is 0. The third-order valence-electron chi connectivity index (χ3n) is 3.73. The first-order valence-electron chi connectivity index (χ1n) is 7.45. The van der Waals surface area contributed by atoms with E-state index in [0.29, 0.717) is 21.8 Å². The standard InChI is InChI=1S/C18H18N2O2S/c1-12-6-5-7-13(2)16(12)20-17(22)14-8-3-4-9-15(14)19-18(20)23-11-10-21/h3-9,21H,10-11H2,1-2H3. The van der Waals surface area contributed by atoms with Gasteiger partial charge in [0.15, 0.2) is 5.16 Å². The molecule has 4 nitrogen and oxygen atoms in total. The van der Waals surface area contributed by atoms with Gasteiger partial charge in [0.1, 0.15) is 0 Å². The van der Waals surface area contributed by atoms with Crippen molar-refractivity contribution in [2.45, 2.75) is 19.0 Å². The van der Waals surface area contributed by atoms with E-state index in [9.17, 15) is 4.79 Å². The van der Waals surface area contributed by atoms with Crippen molar-refractivity contribution >= 4 is 22.7 Å². The van der Waals surface area contributed by atoms with Crippen LogP contribution in [0.3, 0.4) is 0 Å². The van der Waals surface area contributed by atoms with E-state index in [2.05, 4.69) is 4.98 Å². The molecule has 3 rings (SSSR count). The molecule has 0 bridgehead atoms. The lowest BCUT2D eigenvalue weighted by Crippen LogP contribution is -2.23. The highest BCUT2D eigenvalue weighted by molar-refractivity contribution is 7.99. The van der Waals surface area contributed by atoms with Crippen molar-refractivity contribution in [3.63, 3.8) is 0 Å². The third kappa shape index (κ3) is 2.90. The van der Waals surface area contributed by atoms with Crippen LogP contribution in [0, 0.1) is 13.8 Å². The molecule has 5 heteroatoms. The van der Waals surface area contributed by atoms with Gasteiger partial charge in [-0.2, -0.15) is 0 Å². The molecular formula is C18H18N2O2S. The van der Waals surface area contributed by atoms with Crippen LogP contribution in [0.25, 0.3) is 16.6 Å². The Morgan fingerprint density at radius 2 is 1.78 bits per heavy atom. The van der Waals surface area contributed by atoms with E-state index in [4.69, 9.17) is 5.11 Å². The summed E-state index contributed by atoms with van der Waals surface area (Å²) in [4.78, 5) is 17.7. The van der Waals surface area contributed by atoms with E-state index in [-0.39, 0.29) is 12.2 Å². The maximum absolute atomic E-state index is 13.1. The van der Waals surface area contributed by atoms with Crippen LogP contribution in [0.1, 0.15) is 11.1 Å². The first-order valence-corrected chi connectivity index (χ1v) is 8.44. The number of fused-ring (bicyclic) bond motifs is 1. The number of aliphatic hydroxyl groups excluding tert-OH is 1. The number of hydrogen-bond donors (Lipinski definition) is 1. The largest absolute Gasteiger partial charge is 0.396 e. The number of hydrogen-bond acceptors (Lipinski definition) is 4. The molecule has 0 saturated carbocycles. The number of rotatable bonds is 4. The first kappa shape index (κ1) is 15.8. The zero-order chi connectivity index (χ0) is 16.4. The summed E-state index contributed by atoms with van der Waals surface area (Å²) in [7, 11) is 0. The van der Waals surface area contributed by atoms with Crippen molar-refractivity contribution in [2.24, 2.45) is 0 Å². The number of para-hydroxylation sites is 2. The Morgan fingerprint density at radius 3 is 2.48 bits per heavy atom. The fraction of sp³-hybridized carbons (Fsp3) is 0.222. The normalized spacial score (nSPS) is 11.1. The van der Waals surface area contributed by atoms with Crippen LogP contribution in [0.4, 0.5) is 0 Å². The van der Waals surface area contributed by atoms with E-state index < -0.39 is 0 Å². The SMILES string of the molecule is Cc1cccc(C)c1-n1c(SCCO)nc2ccccc2c1=O. The molecular weight excluding hydrogens is 308 g/mol. The molecule has 3 aromatic rings. The summed E-state index contributed by atoms with van der Waals surface area (Å²) in [5, 5.41) is 10.4. The molecule has 0 saturated heterocycles. The van der Waals surface area contributed by atoms with Crippen molar-refractivity contribution in [3.05, 3.63) is 63.9 Å². The number of aliphatic hydroxyl groups is 1. The molecule has 0 fully saturated rings. The summed E-state index contributed by atoms with van der Waals surface area (Å²) < 4.78 is 1.67. The Kier molecular flexibility index (Phi) is 4.50. The van der Waals surface area contributed by atoms with Gasteiger partial charge in [-0.3, -0.25) is 9.36 Å². The van der Waals surface area contributed by atoms with Gasteiger partial charge in [0.25, 0.3) is 5.56 Å². The predicted octanol–water partition coefficient (Wildman–Crippen LogP) is 3.09. The first-order chi connectivity index (χ1) is 11.1. The summed E-state index contributed by atoms with van der Waals surface area (Å²) >= 11 is 1.39. The number of thioether (sulfide) groups is 1. The van der Waals surface area contributed by atoms with Crippen molar-refractivity contribution in [3.8, 4) is 5.69 Å². The van der Waals surface area contributed by atoms with Crippen LogP contribution < -0.4 is 5.56 Å². The van der Waals surface area contributed by atoms with Crippen molar-refractivity contribution in [2.75, 3.05) is 12.4 Å². The van der Waals surface area contributed by atoms with Gasteiger partial charge in [-0.05, 0) is 37.1 Å². The summed E-state index contributed by atoms with van der Waals surface area (Å²) in [5.41, 5.74) is 3.52. The minimum atomic E-state index is -0.0755. The lowest BCUT2D eigenvalue weighted by atomic mass is 10.1. The highest BCUT2D eigenvalue weighted by atomic mass is 32.2. The van der Waals surface area contributed by atoms with Crippen molar-refractivity contribution in [1.29, 1.82) is 0 Å². The highest BCUT2D eigenvalue weighted by Crippen LogP contribution is 2.25. The molecule has 0 aliphatic heterocycles. The lowest BCUT2D eigenvalue weighted by molar-refractivity contribution is 0.322. The maximum atomic E-state index is 13.1. The minimum Gasteiger partial charge on any atom is -0.396 e. The third-order valence-corrected chi connectivity index (χ3v) is 4.65. The van der Waals surface area contributed by atoms with Gasteiger partial charge >= 0.3 is 0 Å². The van der Waals surface area contributed by atoms with Gasteiger partial charge in [0.2, 0.25) is 0 Å². The summed E-state index contributed by atoms with van der Waals surface area (Å²) in [6.45, 7) is 4.02. The minimum absolute atomic E-state index is 0.0418. The van der Waals surface area contributed by atoms with E-state index >= 15 is 0 Å². The van der Waals surface area contributed by atoms with Gasteiger partial charge in [-0.15, -0.1) is 0 Å². The number of aryl methyl sites for hydroxylation is 2. The van der Waals surface area contributed by atoms with Gasteiger partial charge in [-0.25, -0.2) is 4.98 Å². The molecule has 1 aromatic heterocycles. The molecule has 23 heavy (non-hydrogen) atoms. The number of aromatic nitrogens is 2. The lowest BCUT2D eigenvalue weighted by Gasteiger charge is -2.17. The Balaban J connectivity index is 2.37. The average Bonchev–Trinajstić information content (AvgIpc) is 2.55. The Labute approximate surface area is 138 Å². The molecule has 0 aliphatic rings. The Morgan fingerprint density at radius 1 is 1.09 bits per heavy atom. The smallest absolute Gasteiger partial charge is 0.266 e. The molecule has 0 amide bonds. The molecule has 0 aliphatic carbocycles. The highest BCUT2D eigenvalue weighted by Gasteiger charge is 2.16. The molecule has 1 heterocycles. The quantitative estimate of drug-likeness (QED) is 0.591. The topological polar surface area (TPSA) is 55.1 Å². The Hall–Kier alpha value is -2.11. The molecule has 0 spiro atoms. The van der Waals surface area contributed by atoms with Crippen LogP contribution in [-0.4, -0.2) is 27.0 Å². The molecule has 1 N–H and O–H groups in total. The zero-order valence-corrected chi connectivity index (χ0v) is 13.9. The molecule has 118 valence electrons. The Bertz CT molecular complexity index is 898. The van der Waals surface area contributed by atoms with Crippen LogP contribution in [0.2, 0.25) is 0 Å². The second-order valence-electron chi connectivity index (χ2n) is 5.36. The predicted molar refractivity (Wildman–Crippen MR) is 94.6 cm³/mol. The van der Waals surface area contributed by atoms with Crippen LogP contribution >= 0.6 is 11.8 Å². The average molecular weight is 326 g/mol. The second kappa shape index (κ2) is 6.56. The van der Waals surface area contributed by atoms with E-state index in [1.165, 1.54) is 11.8 Å². The number of benzene rings is 2. The molecule has 0 atom stereocenters. The van der Waals surface area contributed by atoms with Crippen LogP contribution in [-0.2, 0) is 0 Å². The van der Waals surface area contributed by atoms with Crippen LogP contribution in [0.15, 0.2) is 52.4 Å². The summed E-state index contributed by atoms with van der Waals surface area (Å²) in [5.74, 6) is 0.496. The van der Waals surface area contributed by atoms with Gasteiger partial charge in [0.05, 0.1) is 23.2 Å². The fourth-order valence-electron chi connectivity index (χ4n) is 2.70. The molecule has 0 radical (unpaired) electrons. The van der Waals surface area contributed by atoms with Gasteiger partial charge in [-0.1, -0.05) is 42.1 Å². The summed E-state index contributed by atoms with van der Waals surface area (Å²) in [6, 6.07) is 13.3. The zero-order valence-electron chi connectivity index (χ0n) is 13.1. The van der Waals surface area contributed by atoms with Gasteiger partial charge < -0.3 is 5.11 Å². The fourth-order valence-corrected chi connectivity index (χ4v) is 3.44. The van der Waals surface area contributed by atoms with E-state index in [1.54, 1.807) is 10.6 Å². The monoisotopic (exact) mass is 326 g/mol.